The predicted octanol–water partition coefficient (Wildman–Crippen LogP) is 6.08. The fourth-order valence-corrected chi connectivity index (χ4v) is 4.50. The van der Waals surface area contributed by atoms with Crippen molar-refractivity contribution < 1.29 is 18.3 Å². The number of methoxy groups -OCH3 is 1. The third-order valence-electron chi connectivity index (χ3n) is 6.02. The molecule has 0 amide bonds. The molecule has 6 nitrogen and oxygen atoms in total. The Morgan fingerprint density at radius 2 is 1.54 bits per heavy atom. The zero-order valence-electron chi connectivity index (χ0n) is 19.9. The number of hydrogen-bond donors (Lipinski definition) is 0. The molecule has 2 aromatic heterocycles. The zero-order chi connectivity index (χ0) is 24.7. The average Bonchev–Trinajstić information content (AvgIpc) is 2.82. The third-order valence-corrected chi connectivity index (χ3v) is 6.02. The fourth-order valence-electron chi connectivity index (χ4n) is 4.50. The average molecular weight is 469 g/mol. The maximum atomic E-state index is 12.9. The first kappa shape index (κ1) is 22.5. The second-order valence-corrected chi connectivity index (χ2v) is 8.66. The Labute approximate surface area is 201 Å². The van der Waals surface area contributed by atoms with E-state index in [1.54, 1.807) is 18.2 Å². The number of benzene rings is 3. The Balaban J connectivity index is 1.61. The minimum atomic E-state index is -0.568. The molecule has 176 valence electrons. The van der Waals surface area contributed by atoms with E-state index in [2.05, 4.69) is 18.2 Å². The molecule has 0 bridgehead atoms. The Bertz CT molecular complexity index is 1690. The monoisotopic (exact) mass is 468 g/mol. The summed E-state index contributed by atoms with van der Waals surface area (Å²) in [4.78, 5) is 25.5. The normalized spacial score (nSPS) is 11.2. The van der Waals surface area contributed by atoms with Gasteiger partial charge >= 0.3 is 11.3 Å². The highest BCUT2D eigenvalue weighted by Gasteiger charge is 2.18. The standard InChI is InChI=1S/C29H24O6/c1-16-10-17(2)12-19(11-16)15-33-24-9-8-21-22(14-26(30)34-27(21)18(24)3)23-13-20-6-5-7-25(32-4)28(20)35-29(23)31/h5-14H,15H2,1-4H3. The van der Waals surface area contributed by atoms with E-state index in [4.69, 9.17) is 18.3 Å². The van der Waals surface area contributed by atoms with E-state index in [1.165, 1.54) is 24.3 Å². The molecule has 0 unspecified atom stereocenters. The summed E-state index contributed by atoms with van der Waals surface area (Å²) in [7, 11) is 1.52. The summed E-state index contributed by atoms with van der Waals surface area (Å²) in [6.07, 6.45) is 0. The molecule has 0 atom stereocenters. The summed E-state index contributed by atoms with van der Waals surface area (Å²) in [5, 5.41) is 1.31. The molecule has 0 saturated heterocycles. The molecule has 0 spiro atoms. The first-order chi connectivity index (χ1) is 16.8. The first-order valence-corrected chi connectivity index (χ1v) is 11.2. The molecule has 0 fully saturated rings. The summed E-state index contributed by atoms with van der Waals surface area (Å²) in [6, 6.07) is 18.3. The Morgan fingerprint density at radius 3 is 2.29 bits per heavy atom. The van der Waals surface area contributed by atoms with Gasteiger partial charge in [0.15, 0.2) is 11.3 Å². The lowest BCUT2D eigenvalue weighted by molar-refractivity contribution is 0.304. The smallest absolute Gasteiger partial charge is 0.344 e. The van der Waals surface area contributed by atoms with Crippen LogP contribution in [0.2, 0.25) is 0 Å². The van der Waals surface area contributed by atoms with Crippen LogP contribution in [0.4, 0.5) is 0 Å². The van der Waals surface area contributed by atoms with Crippen molar-refractivity contribution in [2.75, 3.05) is 7.11 Å². The quantitative estimate of drug-likeness (QED) is 0.291. The molecule has 5 aromatic rings. The van der Waals surface area contributed by atoms with Gasteiger partial charge in [0.1, 0.15) is 17.9 Å². The van der Waals surface area contributed by atoms with Crippen LogP contribution in [-0.4, -0.2) is 7.11 Å². The van der Waals surface area contributed by atoms with Crippen molar-refractivity contribution in [2.45, 2.75) is 27.4 Å². The van der Waals surface area contributed by atoms with Crippen LogP contribution in [0.15, 0.2) is 79.1 Å². The van der Waals surface area contributed by atoms with E-state index in [1.807, 2.05) is 39.0 Å². The van der Waals surface area contributed by atoms with Gasteiger partial charge in [0.2, 0.25) is 0 Å². The van der Waals surface area contributed by atoms with Gasteiger partial charge in [0, 0.05) is 28.0 Å². The molecule has 0 radical (unpaired) electrons. The minimum Gasteiger partial charge on any atom is -0.493 e. The van der Waals surface area contributed by atoms with Gasteiger partial charge in [0.05, 0.1) is 12.7 Å². The Morgan fingerprint density at radius 1 is 0.771 bits per heavy atom. The summed E-state index contributed by atoms with van der Waals surface area (Å²) < 4.78 is 22.5. The van der Waals surface area contributed by atoms with Crippen molar-refractivity contribution in [3.8, 4) is 22.6 Å². The van der Waals surface area contributed by atoms with Crippen LogP contribution in [-0.2, 0) is 6.61 Å². The Hall–Kier alpha value is -4.32. The molecule has 6 heteroatoms. The van der Waals surface area contributed by atoms with Crippen molar-refractivity contribution >= 4 is 21.9 Å². The van der Waals surface area contributed by atoms with Gasteiger partial charge in [-0.25, -0.2) is 9.59 Å². The van der Waals surface area contributed by atoms with E-state index < -0.39 is 11.3 Å². The zero-order valence-corrected chi connectivity index (χ0v) is 19.9. The molecular weight excluding hydrogens is 444 g/mol. The highest BCUT2D eigenvalue weighted by molar-refractivity contribution is 5.97. The maximum absolute atomic E-state index is 12.9. The lowest BCUT2D eigenvalue weighted by atomic mass is 10.0. The number of fused-ring (bicyclic) bond motifs is 2. The van der Waals surface area contributed by atoms with Gasteiger partial charge in [-0.2, -0.15) is 0 Å². The van der Waals surface area contributed by atoms with Crippen LogP contribution < -0.4 is 20.7 Å². The number of rotatable bonds is 5. The van der Waals surface area contributed by atoms with Crippen LogP contribution in [0.1, 0.15) is 22.3 Å². The van der Waals surface area contributed by atoms with Crippen LogP contribution in [0, 0.1) is 20.8 Å². The van der Waals surface area contributed by atoms with Gasteiger partial charge in [-0.15, -0.1) is 0 Å². The number of para-hydroxylation sites is 1. The molecular formula is C29H24O6. The number of ether oxygens (including phenoxy) is 2. The van der Waals surface area contributed by atoms with Crippen LogP contribution in [0.3, 0.4) is 0 Å². The van der Waals surface area contributed by atoms with Crippen LogP contribution >= 0.6 is 0 Å². The number of hydrogen-bond acceptors (Lipinski definition) is 6. The van der Waals surface area contributed by atoms with Crippen molar-refractivity contribution in [3.05, 3.63) is 104 Å². The van der Waals surface area contributed by atoms with Crippen LogP contribution in [0.25, 0.3) is 33.1 Å². The summed E-state index contributed by atoms with van der Waals surface area (Å²) in [5.74, 6) is 1.07. The molecule has 35 heavy (non-hydrogen) atoms. The van der Waals surface area contributed by atoms with Crippen molar-refractivity contribution in [2.24, 2.45) is 0 Å². The predicted molar refractivity (Wildman–Crippen MR) is 135 cm³/mol. The lowest BCUT2D eigenvalue weighted by Gasteiger charge is -2.13. The van der Waals surface area contributed by atoms with E-state index in [-0.39, 0.29) is 5.56 Å². The summed E-state index contributed by atoms with van der Waals surface area (Å²) >= 11 is 0. The topological polar surface area (TPSA) is 78.9 Å². The van der Waals surface area contributed by atoms with E-state index in [9.17, 15) is 9.59 Å². The highest BCUT2D eigenvalue weighted by atomic mass is 16.5. The van der Waals surface area contributed by atoms with Gasteiger partial charge in [-0.3, -0.25) is 0 Å². The maximum Gasteiger partial charge on any atom is 0.344 e. The van der Waals surface area contributed by atoms with Gasteiger partial charge in [-0.05, 0) is 50.6 Å². The fraction of sp³-hybridized carbons (Fsp3) is 0.172. The molecule has 0 aliphatic heterocycles. The Kier molecular flexibility index (Phi) is 5.65. The van der Waals surface area contributed by atoms with Crippen molar-refractivity contribution in [1.82, 2.24) is 0 Å². The largest absolute Gasteiger partial charge is 0.493 e. The van der Waals surface area contributed by atoms with Gasteiger partial charge in [-0.1, -0.05) is 41.5 Å². The summed E-state index contributed by atoms with van der Waals surface area (Å²) in [5.41, 5.74) is 4.38. The van der Waals surface area contributed by atoms with Crippen molar-refractivity contribution in [1.29, 1.82) is 0 Å². The van der Waals surface area contributed by atoms with Gasteiger partial charge in [0.25, 0.3) is 0 Å². The molecule has 0 N–H and O–H groups in total. The molecule has 0 saturated carbocycles. The molecule has 0 aliphatic rings. The second-order valence-electron chi connectivity index (χ2n) is 8.66. The molecule has 2 heterocycles. The summed E-state index contributed by atoms with van der Waals surface area (Å²) in [6.45, 7) is 6.31. The minimum absolute atomic E-state index is 0.270. The molecule has 0 aliphatic carbocycles. The van der Waals surface area contributed by atoms with E-state index in [0.717, 1.165) is 5.56 Å². The van der Waals surface area contributed by atoms with E-state index >= 15 is 0 Å². The van der Waals surface area contributed by atoms with Crippen LogP contribution in [0.5, 0.6) is 11.5 Å². The third kappa shape index (κ3) is 4.19. The number of aryl methyl sites for hydroxylation is 3. The second kappa shape index (κ2) is 8.80. The highest BCUT2D eigenvalue weighted by Crippen LogP contribution is 2.34. The molecule has 5 rings (SSSR count). The van der Waals surface area contributed by atoms with E-state index in [0.29, 0.717) is 51.2 Å². The molecule has 3 aromatic carbocycles. The van der Waals surface area contributed by atoms with Crippen molar-refractivity contribution in [3.63, 3.8) is 0 Å². The first-order valence-electron chi connectivity index (χ1n) is 11.2. The van der Waals surface area contributed by atoms with Gasteiger partial charge < -0.3 is 18.3 Å². The SMILES string of the molecule is COc1cccc2cc(-c3cc(=O)oc4c(C)c(OCc5cc(C)cc(C)c5)ccc34)c(=O)oc12. The lowest BCUT2D eigenvalue weighted by Crippen LogP contribution is -2.07.